The van der Waals surface area contributed by atoms with Gasteiger partial charge in [0, 0.05) is 0 Å². The van der Waals surface area contributed by atoms with Crippen molar-refractivity contribution in [2.24, 2.45) is 0 Å². The quantitative estimate of drug-likeness (QED) is 0.741. The number of para-hydroxylation sites is 1. The van der Waals surface area contributed by atoms with Crippen LogP contribution in [0, 0.1) is 0 Å². The Morgan fingerprint density at radius 2 is 1.95 bits per heavy atom. The van der Waals surface area contributed by atoms with Crippen LogP contribution in [0.4, 0.5) is 0 Å². The summed E-state index contributed by atoms with van der Waals surface area (Å²) < 4.78 is 12.4. The smallest absolute Gasteiger partial charge is 0.180 e. The molecular formula is C13H11ClN4O2. The lowest BCUT2D eigenvalue weighted by atomic mass is 10.1. The van der Waals surface area contributed by atoms with E-state index in [0.29, 0.717) is 28.1 Å². The monoisotopic (exact) mass is 290 g/mol. The summed E-state index contributed by atoms with van der Waals surface area (Å²) in [6.45, 7) is 0. The Morgan fingerprint density at radius 3 is 2.70 bits per heavy atom. The molecule has 3 rings (SSSR count). The second-order valence-corrected chi connectivity index (χ2v) is 4.38. The molecule has 0 radical (unpaired) electrons. The van der Waals surface area contributed by atoms with Gasteiger partial charge >= 0.3 is 0 Å². The predicted molar refractivity (Wildman–Crippen MR) is 74.3 cm³/mol. The highest BCUT2D eigenvalue weighted by atomic mass is 35.5. The first-order chi connectivity index (χ1) is 9.76. The summed E-state index contributed by atoms with van der Waals surface area (Å²) in [5.74, 6) is 1.77. The Kier molecular flexibility index (Phi) is 3.15. The van der Waals surface area contributed by atoms with E-state index in [9.17, 15) is 0 Å². The number of fused-ring (bicyclic) bond motifs is 1. The molecule has 102 valence electrons. The first-order valence-electron chi connectivity index (χ1n) is 5.82. The Hall–Kier alpha value is -2.34. The van der Waals surface area contributed by atoms with Crippen molar-refractivity contribution in [3.63, 3.8) is 0 Å². The normalized spacial score (nSPS) is 10.8. The molecule has 0 bridgehead atoms. The maximum absolute atomic E-state index is 6.17. The van der Waals surface area contributed by atoms with Gasteiger partial charge in [0.1, 0.15) is 5.15 Å². The van der Waals surface area contributed by atoms with Crippen molar-refractivity contribution in [2.75, 3.05) is 14.2 Å². The fraction of sp³-hybridized carbons (Fsp3) is 0.154. The molecule has 6 nitrogen and oxygen atoms in total. The fourth-order valence-corrected chi connectivity index (χ4v) is 2.27. The summed E-state index contributed by atoms with van der Waals surface area (Å²) in [6.07, 6.45) is 3.13. The molecule has 0 amide bonds. The molecular weight excluding hydrogens is 280 g/mol. The minimum atomic E-state index is 0.423. The molecule has 0 aliphatic carbocycles. The molecule has 2 heterocycles. The van der Waals surface area contributed by atoms with E-state index in [1.165, 1.54) is 6.20 Å². The number of hydrogen-bond donors (Lipinski definition) is 0. The summed E-state index contributed by atoms with van der Waals surface area (Å²) in [4.78, 5) is 3.98. The molecule has 0 aliphatic rings. The van der Waals surface area contributed by atoms with E-state index in [0.717, 1.165) is 5.56 Å². The molecule has 20 heavy (non-hydrogen) atoms. The highest BCUT2D eigenvalue weighted by Crippen LogP contribution is 2.37. The first-order valence-corrected chi connectivity index (χ1v) is 6.20. The minimum absolute atomic E-state index is 0.423. The molecule has 0 saturated heterocycles. The van der Waals surface area contributed by atoms with Gasteiger partial charge in [-0.2, -0.15) is 0 Å². The van der Waals surface area contributed by atoms with E-state index in [1.54, 1.807) is 24.8 Å². The maximum Gasteiger partial charge on any atom is 0.180 e. The molecule has 3 aromatic rings. The third-order valence-electron chi connectivity index (χ3n) is 2.92. The van der Waals surface area contributed by atoms with Gasteiger partial charge in [0.15, 0.2) is 23.0 Å². The number of ether oxygens (including phenoxy) is 2. The first kappa shape index (κ1) is 12.7. The number of methoxy groups -OCH3 is 2. The SMILES string of the molecule is COc1cccc(-c2nnc3cncc(Cl)n23)c1OC. The lowest BCUT2D eigenvalue weighted by molar-refractivity contribution is 0.356. The molecule has 2 aromatic heterocycles. The maximum atomic E-state index is 6.17. The summed E-state index contributed by atoms with van der Waals surface area (Å²) in [5.41, 5.74) is 1.31. The van der Waals surface area contributed by atoms with Crippen molar-refractivity contribution in [2.45, 2.75) is 0 Å². The molecule has 0 fully saturated rings. The van der Waals surface area contributed by atoms with Gasteiger partial charge in [-0.25, -0.2) is 0 Å². The van der Waals surface area contributed by atoms with E-state index in [4.69, 9.17) is 21.1 Å². The van der Waals surface area contributed by atoms with E-state index in [-0.39, 0.29) is 0 Å². The van der Waals surface area contributed by atoms with Gasteiger partial charge in [-0.05, 0) is 12.1 Å². The van der Waals surface area contributed by atoms with Gasteiger partial charge in [-0.15, -0.1) is 10.2 Å². The van der Waals surface area contributed by atoms with Crippen LogP contribution in [0.1, 0.15) is 0 Å². The third kappa shape index (κ3) is 1.85. The van der Waals surface area contributed by atoms with Gasteiger partial charge in [-0.3, -0.25) is 9.38 Å². The van der Waals surface area contributed by atoms with E-state index in [2.05, 4.69) is 15.2 Å². The molecule has 1 aromatic carbocycles. The molecule has 0 spiro atoms. The van der Waals surface area contributed by atoms with Gasteiger partial charge < -0.3 is 9.47 Å². The lowest BCUT2D eigenvalue weighted by Gasteiger charge is -2.11. The highest BCUT2D eigenvalue weighted by molar-refractivity contribution is 6.29. The van der Waals surface area contributed by atoms with Crippen LogP contribution in [-0.2, 0) is 0 Å². The Morgan fingerprint density at radius 1 is 1.10 bits per heavy atom. The molecule has 0 unspecified atom stereocenters. The van der Waals surface area contributed by atoms with E-state index >= 15 is 0 Å². The number of hydrogen-bond acceptors (Lipinski definition) is 5. The van der Waals surface area contributed by atoms with Crippen LogP contribution < -0.4 is 9.47 Å². The van der Waals surface area contributed by atoms with Gasteiger partial charge in [0.25, 0.3) is 0 Å². The average molecular weight is 291 g/mol. The van der Waals surface area contributed by atoms with Gasteiger partial charge in [0.05, 0.1) is 32.2 Å². The van der Waals surface area contributed by atoms with E-state index in [1.807, 2.05) is 18.2 Å². The summed E-state index contributed by atoms with van der Waals surface area (Å²) >= 11 is 6.17. The Labute approximate surface area is 119 Å². The number of halogens is 1. The summed E-state index contributed by atoms with van der Waals surface area (Å²) in [6, 6.07) is 5.54. The standard InChI is InChI=1S/C13H11ClN4O2/c1-19-9-5-3-4-8(12(9)20-2)13-17-16-11-7-15-6-10(14)18(11)13/h3-7H,1-2H3. The van der Waals surface area contributed by atoms with Crippen molar-refractivity contribution in [3.05, 3.63) is 35.7 Å². The topological polar surface area (TPSA) is 61.5 Å². The zero-order valence-corrected chi connectivity index (χ0v) is 11.6. The van der Waals surface area contributed by atoms with Gasteiger partial charge in [0.2, 0.25) is 0 Å². The van der Waals surface area contributed by atoms with Crippen LogP contribution in [-0.4, -0.2) is 33.8 Å². The van der Waals surface area contributed by atoms with Crippen LogP contribution in [0.15, 0.2) is 30.6 Å². The number of rotatable bonds is 3. The second-order valence-electron chi connectivity index (χ2n) is 3.99. The number of aromatic nitrogens is 4. The number of nitrogens with zero attached hydrogens (tertiary/aromatic N) is 4. The molecule has 7 heteroatoms. The number of benzene rings is 1. The van der Waals surface area contributed by atoms with Crippen molar-refractivity contribution in [3.8, 4) is 22.9 Å². The summed E-state index contributed by atoms with van der Waals surface area (Å²) in [7, 11) is 3.16. The lowest BCUT2D eigenvalue weighted by Crippen LogP contribution is -1.97. The Bertz CT molecular complexity index is 772. The van der Waals surface area contributed by atoms with Crippen molar-refractivity contribution < 1.29 is 9.47 Å². The van der Waals surface area contributed by atoms with E-state index < -0.39 is 0 Å². The predicted octanol–water partition coefficient (Wildman–Crippen LogP) is 2.46. The molecule has 0 aliphatic heterocycles. The van der Waals surface area contributed by atoms with Crippen LogP contribution in [0.5, 0.6) is 11.5 Å². The van der Waals surface area contributed by atoms with Crippen molar-refractivity contribution in [1.82, 2.24) is 19.6 Å². The van der Waals surface area contributed by atoms with Crippen molar-refractivity contribution >= 4 is 17.2 Å². The fourth-order valence-electron chi connectivity index (χ4n) is 2.05. The minimum Gasteiger partial charge on any atom is -0.493 e. The molecule has 0 N–H and O–H groups in total. The van der Waals surface area contributed by atoms with Crippen LogP contribution in [0.2, 0.25) is 5.15 Å². The van der Waals surface area contributed by atoms with Crippen LogP contribution >= 0.6 is 11.6 Å². The zero-order chi connectivity index (χ0) is 14.1. The average Bonchev–Trinajstić information content (AvgIpc) is 2.91. The third-order valence-corrected chi connectivity index (χ3v) is 3.18. The molecule has 0 saturated carbocycles. The molecule has 0 atom stereocenters. The highest BCUT2D eigenvalue weighted by Gasteiger charge is 2.17. The second kappa shape index (κ2) is 4.97. The van der Waals surface area contributed by atoms with Crippen molar-refractivity contribution in [1.29, 1.82) is 0 Å². The van der Waals surface area contributed by atoms with Gasteiger partial charge in [-0.1, -0.05) is 17.7 Å². The zero-order valence-electron chi connectivity index (χ0n) is 10.9. The largest absolute Gasteiger partial charge is 0.493 e. The van der Waals surface area contributed by atoms with Crippen LogP contribution in [0.25, 0.3) is 17.0 Å². The summed E-state index contributed by atoms with van der Waals surface area (Å²) in [5, 5.41) is 8.64. The Balaban J connectivity index is 2.31. The van der Waals surface area contributed by atoms with Crippen LogP contribution in [0.3, 0.4) is 0 Å².